The van der Waals surface area contributed by atoms with Gasteiger partial charge in [-0.15, -0.1) is 0 Å². The largest absolute Gasteiger partial charge is 0.478 e. The molecule has 0 bridgehead atoms. The van der Waals surface area contributed by atoms with Crippen LogP contribution < -0.4 is 4.90 Å². The second kappa shape index (κ2) is 10.4. The Morgan fingerprint density at radius 3 is 2.38 bits per heavy atom. The van der Waals surface area contributed by atoms with Gasteiger partial charge in [0.2, 0.25) is 0 Å². The quantitative estimate of drug-likeness (QED) is 0.315. The Hall–Kier alpha value is -3.03. The van der Waals surface area contributed by atoms with Crippen molar-refractivity contribution in [3.8, 4) is 11.3 Å². The average Bonchev–Trinajstić information content (AvgIpc) is 3.62. The number of piperidine rings is 1. The van der Waals surface area contributed by atoms with E-state index >= 15 is 0 Å². The molecule has 0 unspecified atom stereocenters. The molecule has 3 aromatic rings. The van der Waals surface area contributed by atoms with Gasteiger partial charge in [0.25, 0.3) is 0 Å². The fraction of sp³-hybridized carbons (Fsp3) is 0.393. The highest BCUT2D eigenvalue weighted by Gasteiger charge is 2.39. The summed E-state index contributed by atoms with van der Waals surface area (Å²) >= 11 is 12.9. The maximum absolute atomic E-state index is 13.6. The van der Waals surface area contributed by atoms with E-state index in [4.69, 9.17) is 32.5 Å². The molecule has 1 saturated heterocycles. The molecular formula is C28H28Cl2N2O5. The van der Waals surface area contributed by atoms with Crippen LogP contribution in [0.5, 0.6) is 0 Å². The molecular weight excluding hydrogens is 515 g/mol. The molecule has 0 amide bonds. The SMILES string of the molecule is CC[C@H]1C[C@@H](OC(=O)c2c(-c3c(Cl)cccc3Cl)noc2C2CC2)C[C@@H](C)N1c1ccc(C(=O)O)cc1. The maximum atomic E-state index is 13.6. The summed E-state index contributed by atoms with van der Waals surface area (Å²) < 4.78 is 11.7. The number of hydrogen-bond donors (Lipinski definition) is 1. The summed E-state index contributed by atoms with van der Waals surface area (Å²) in [6, 6.07) is 12.3. The molecule has 2 aliphatic rings. The minimum atomic E-state index is -0.950. The summed E-state index contributed by atoms with van der Waals surface area (Å²) in [5, 5.41) is 14.2. The van der Waals surface area contributed by atoms with Crippen molar-refractivity contribution in [2.45, 2.75) is 70.1 Å². The predicted octanol–water partition coefficient (Wildman–Crippen LogP) is 7.22. The van der Waals surface area contributed by atoms with Gasteiger partial charge in [-0.3, -0.25) is 0 Å². The number of hydrogen-bond acceptors (Lipinski definition) is 6. The molecule has 5 rings (SSSR count). The zero-order chi connectivity index (χ0) is 26.3. The van der Waals surface area contributed by atoms with Gasteiger partial charge in [-0.2, -0.15) is 0 Å². The van der Waals surface area contributed by atoms with Crippen molar-refractivity contribution in [2.24, 2.45) is 0 Å². The molecule has 2 aromatic carbocycles. The van der Waals surface area contributed by atoms with Gasteiger partial charge in [0.15, 0.2) is 5.76 Å². The van der Waals surface area contributed by atoms with Crippen molar-refractivity contribution < 1.29 is 24.0 Å². The third kappa shape index (κ3) is 5.07. The first-order valence-electron chi connectivity index (χ1n) is 12.5. The first-order chi connectivity index (χ1) is 17.8. The molecule has 0 spiro atoms. The lowest BCUT2D eigenvalue weighted by atomic mass is 9.91. The summed E-state index contributed by atoms with van der Waals surface area (Å²) in [5.41, 5.74) is 2.30. The van der Waals surface area contributed by atoms with Crippen LogP contribution in [0.1, 0.15) is 78.3 Å². The zero-order valence-electron chi connectivity index (χ0n) is 20.6. The van der Waals surface area contributed by atoms with E-state index in [1.165, 1.54) is 0 Å². The number of benzene rings is 2. The topological polar surface area (TPSA) is 92.9 Å². The molecule has 2 heterocycles. The van der Waals surface area contributed by atoms with E-state index in [1.54, 1.807) is 30.3 Å². The van der Waals surface area contributed by atoms with E-state index in [-0.39, 0.29) is 29.7 Å². The lowest BCUT2D eigenvalue weighted by Crippen LogP contribution is -2.50. The number of esters is 1. The number of aromatic nitrogens is 1. The van der Waals surface area contributed by atoms with Crippen LogP contribution in [0, 0.1) is 0 Å². The number of ether oxygens (including phenoxy) is 1. The highest BCUT2D eigenvalue weighted by Crippen LogP contribution is 2.46. The van der Waals surface area contributed by atoms with Gasteiger partial charge in [-0.25, -0.2) is 9.59 Å². The Morgan fingerprint density at radius 1 is 1.11 bits per heavy atom. The summed E-state index contributed by atoms with van der Waals surface area (Å²) in [6.45, 7) is 4.20. The van der Waals surface area contributed by atoms with Gasteiger partial charge < -0.3 is 19.3 Å². The van der Waals surface area contributed by atoms with Gasteiger partial charge in [0, 0.05) is 42.1 Å². The van der Waals surface area contributed by atoms with Crippen molar-refractivity contribution in [1.29, 1.82) is 0 Å². The predicted molar refractivity (Wildman–Crippen MR) is 142 cm³/mol. The number of nitrogens with zero attached hydrogens (tertiary/aromatic N) is 2. The molecule has 7 nitrogen and oxygen atoms in total. The smallest absolute Gasteiger partial charge is 0.344 e. The van der Waals surface area contributed by atoms with Gasteiger partial charge in [0.05, 0.1) is 15.6 Å². The minimum Gasteiger partial charge on any atom is -0.478 e. The monoisotopic (exact) mass is 542 g/mol. The molecule has 1 aromatic heterocycles. The summed E-state index contributed by atoms with van der Waals surface area (Å²) in [6.07, 6.45) is 3.70. The van der Waals surface area contributed by atoms with Gasteiger partial charge in [-0.1, -0.05) is 41.3 Å². The van der Waals surface area contributed by atoms with Crippen LogP contribution in [-0.2, 0) is 4.74 Å². The normalized spacial score (nSPS) is 21.6. The third-order valence-electron chi connectivity index (χ3n) is 7.23. The first kappa shape index (κ1) is 25.6. The fourth-order valence-corrected chi connectivity index (χ4v) is 5.87. The molecule has 1 saturated carbocycles. The molecule has 194 valence electrons. The van der Waals surface area contributed by atoms with E-state index in [2.05, 4.69) is 23.9 Å². The lowest BCUT2D eigenvalue weighted by molar-refractivity contribution is 0.0170. The van der Waals surface area contributed by atoms with Gasteiger partial charge in [0.1, 0.15) is 17.4 Å². The van der Waals surface area contributed by atoms with E-state index < -0.39 is 11.9 Å². The summed E-state index contributed by atoms with van der Waals surface area (Å²) in [4.78, 5) is 27.2. The first-order valence-corrected chi connectivity index (χ1v) is 13.3. The Bertz CT molecular complexity index is 1300. The van der Waals surface area contributed by atoms with Gasteiger partial charge >= 0.3 is 11.9 Å². The average molecular weight is 543 g/mol. The number of aromatic carboxylic acids is 1. The van der Waals surface area contributed by atoms with Crippen LogP contribution >= 0.6 is 23.2 Å². The molecule has 0 radical (unpaired) electrons. The van der Waals surface area contributed by atoms with Crippen LogP contribution in [0.3, 0.4) is 0 Å². The maximum Gasteiger partial charge on any atom is 0.344 e. The third-order valence-corrected chi connectivity index (χ3v) is 7.86. The number of carbonyl (C=O) groups is 2. The number of anilines is 1. The van der Waals surface area contributed by atoms with Crippen molar-refractivity contribution in [2.75, 3.05) is 4.90 Å². The molecule has 1 aliphatic heterocycles. The zero-order valence-corrected chi connectivity index (χ0v) is 22.1. The number of carboxylic acid groups (broad SMARTS) is 1. The van der Waals surface area contributed by atoms with Gasteiger partial charge in [-0.05, 0) is 62.6 Å². The van der Waals surface area contributed by atoms with Crippen molar-refractivity contribution in [1.82, 2.24) is 5.16 Å². The number of halogens is 2. The van der Waals surface area contributed by atoms with Crippen molar-refractivity contribution in [3.05, 3.63) is 69.4 Å². The number of carbonyl (C=O) groups excluding carboxylic acids is 1. The molecule has 3 atom stereocenters. The van der Waals surface area contributed by atoms with Crippen LogP contribution in [0.2, 0.25) is 10.0 Å². The van der Waals surface area contributed by atoms with Crippen LogP contribution in [0.4, 0.5) is 5.69 Å². The standard InChI is InChI=1S/C28H28Cl2N2O5/c1-3-18-14-20(13-15(2)32(18)19-11-9-17(10-12-19)27(33)34)36-28(35)24-25(31-37-26(24)16-7-8-16)23-21(29)5-4-6-22(23)30/h4-6,9-12,15-16,18,20H,3,7-8,13-14H2,1-2H3,(H,33,34)/t15-,18+,20+/m1/s1. The van der Waals surface area contributed by atoms with Crippen molar-refractivity contribution in [3.63, 3.8) is 0 Å². The summed E-state index contributed by atoms with van der Waals surface area (Å²) in [7, 11) is 0. The molecule has 1 N–H and O–H groups in total. The Balaban J connectivity index is 1.39. The molecule has 2 fully saturated rings. The fourth-order valence-electron chi connectivity index (χ4n) is 5.30. The second-order valence-electron chi connectivity index (χ2n) is 9.81. The number of rotatable bonds is 7. The Labute approximate surface area is 225 Å². The van der Waals surface area contributed by atoms with Crippen molar-refractivity contribution >= 4 is 40.8 Å². The minimum absolute atomic E-state index is 0.0787. The second-order valence-corrected chi connectivity index (χ2v) is 10.6. The Morgan fingerprint density at radius 2 is 1.78 bits per heavy atom. The number of carboxylic acids is 1. The molecule has 37 heavy (non-hydrogen) atoms. The van der Waals surface area contributed by atoms with E-state index in [0.29, 0.717) is 45.5 Å². The molecule has 9 heteroatoms. The highest BCUT2D eigenvalue weighted by molar-refractivity contribution is 6.39. The Kier molecular flexibility index (Phi) is 7.19. The van der Waals surface area contributed by atoms with Crippen LogP contribution in [-0.4, -0.2) is 40.4 Å². The molecule has 1 aliphatic carbocycles. The van der Waals surface area contributed by atoms with E-state index in [9.17, 15) is 14.7 Å². The van der Waals surface area contributed by atoms with E-state index in [0.717, 1.165) is 24.9 Å². The van der Waals surface area contributed by atoms with E-state index in [1.807, 2.05) is 12.1 Å². The van der Waals surface area contributed by atoms with Crippen LogP contribution in [0.15, 0.2) is 47.0 Å². The lowest BCUT2D eigenvalue weighted by Gasteiger charge is -2.45. The summed E-state index contributed by atoms with van der Waals surface area (Å²) in [5.74, 6) is -0.746. The highest BCUT2D eigenvalue weighted by atomic mass is 35.5. The van der Waals surface area contributed by atoms with Crippen LogP contribution in [0.25, 0.3) is 11.3 Å².